The fourth-order valence-electron chi connectivity index (χ4n) is 1.68. The number of halogens is 1. The summed E-state index contributed by atoms with van der Waals surface area (Å²) in [5, 5.41) is 22.1. The maximum Gasteiger partial charge on any atom is 0.358 e. The SMILES string of the molecule is O=C(O)c1cc(-c2cc3c(c(Cl)c2O)OCO3)on1. The van der Waals surface area contributed by atoms with Gasteiger partial charge in [0.15, 0.2) is 23.0 Å². The van der Waals surface area contributed by atoms with Gasteiger partial charge in [0.2, 0.25) is 6.79 Å². The number of benzene rings is 1. The van der Waals surface area contributed by atoms with Crippen LogP contribution in [0.5, 0.6) is 17.2 Å². The molecule has 0 fully saturated rings. The Hall–Kier alpha value is -2.41. The minimum absolute atomic E-state index is 0.00523. The molecule has 0 saturated carbocycles. The Morgan fingerprint density at radius 2 is 2.16 bits per heavy atom. The van der Waals surface area contributed by atoms with Crippen LogP contribution < -0.4 is 9.47 Å². The zero-order valence-corrected chi connectivity index (χ0v) is 9.97. The summed E-state index contributed by atoms with van der Waals surface area (Å²) in [7, 11) is 0. The van der Waals surface area contributed by atoms with Crippen LogP contribution in [0, 0.1) is 0 Å². The molecule has 2 aromatic rings. The van der Waals surface area contributed by atoms with Crippen LogP contribution in [0.2, 0.25) is 5.02 Å². The van der Waals surface area contributed by atoms with Crippen LogP contribution >= 0.6 is 11.6 Å². The van der Waals surface area contributed by atoms with E-state index in [1.165, 1.54) is 12.1 Å². The summed E-state index contributed by atoms with van der Waals surface area (Å²) in [6, 6.07) is 2.62. The molecule has 19 heavy (non-hydrogen) atoms. The molecule has 2 heterocycles. The third kappa shape index (κ3) is 1.75. The predicted molar refractivity (Wildman–Crippen MR) is 61.7 cm³/mol. The minimum Gasteiger partial charge on any atom is -0.505 e. The molecule has 8 heteroatoms. The summed E-state index contributed by atoms with van der Waals surface area (Å²) in [5.41, 5.74) is -0.0996. The second-order valence-electron chi connectivity index (χ2n) is 3.70. The van der Waals surface area contributed by atoms with Gasteiger partial charge in [0, 0.05) is 6.07 Å². The van der Waals surface area contributed by atoms with Crippen molar-refractivity contribution < 1.29 is 29.0 Å². The number of hydrogen-bond acceptors (Lipinski definition) is 6. The van der Waals surface area contributed by atoms with Crippen LogP contribution in [0.25, 0.3) is 11.3 Å². The number of carboxylic acids is 1. The highest BCUT2D eigenvalue weighted by molar-refractivity contribution is 6.34. The Balaban J connectivity index is 2.14. The molecular weight excluding hydrogens is 278 g/mol. The van der Waals surface area contributed by atoms with Crippen molar-refractivity contribution >= 4 is 17.6 Å². The van der Waals surface area contributed by atoms with Gasteiger partial charge in [-0.2, -0.15) is 0 Å². The molecule has 1 aliphatic heterocycles. The van der Waals surface area contributed by atoms with E-state index in [0.717, 1.165) is 0 Å². The molecule has 0 amide bonds. The number of rotatable bonds is 2. The first-order valence-corrected chi connectivity index (χ1v) is 5.47. The molecule has 0 radical (unpaired) electrons. The smallest absolute Gasteiger partial charge is 0.358 e. The average Bonchev–Trinajstić information content (AvgIpc) is 3.01. The molecule has 7 nitrogen and oxygen atoms in total. The number of phenolic OH excluding ortho intramolecular Hbond substituents is 1. The highest BCUT2D eigenvalue weighted by Gasteiger charge is 2.26. The Morgan fingerprint density at radius 1 is 1.37 bits per heavy atom. The Labute approximate surface area is 110 Å². The van der Waals surface area contributed by atoms with E-state index in [0.29, 0.717) is 5.75 Å². The number of carbonyl (C=O) groups is 1. The van der Waals surface area contributed by atoms with E-state index in [2.05, 4.69) is 5.16 Å². The maximum atomic E-state index is 10.7. The van der Waals surface area contributed by atoms with Crippen molar-refractivity contribution in [1.82, 2.24) is 5.16 Å². The van der Waals surface area contributed by atoms with E-state index in [-0.39, 0.29) is 40.3 Å². The highest BCUT2D eigenvalue weighted by atomic mass is 35.5. The maximum absolute atomic E-state index is 10.7. The number of nitrogens with zero attached hydrogens (tertiary/aromatic N) is 1. The van der Waals surface area contributed by atoms with Crippen LogP contribution in [-0.4, -0.2) is 28.1 Å². The number of carboxylic acid groups (broad SMARTS) is 1. The molecule has 0 saturated heterocycles. The molecule has 2 N–H and O–H groups in total. The summed E-state index contributed by atoms with van der Waals surface area (Å²) < 4.78 is 15.1. The van der Waals surface area contributed by atoms with Gasteiger partial charge in [-0.25, -0.2) is 4.79 Å². The lowest BCUT2D eigenvalue weighted by atomic mass is 10.1. The summed E-state index contributed by atoms with van der Waals surface area (Å²) in [6.45, 7) is -0.00523. The van der Waals surface area contributed by atoms with Gasteiger partial charge in [-0.15, -0.1) is 0 Å². The fourth-order valence-corrected chi connectivity index (χ4v) is 1.93. The lowest BCUT2D eigenvalue weighted by Gasteiger charge is -2.05. The summed E-state index contributed by atoms with van der Waals surface area (Å²) in [6.07, 6.45) is 0. The fraction of sp³-hybridized carbons (Fsp3) is 0.0909. The first-order chi connectivity index (χ1) is 9.08. The molecular formula is C11H6ClNO6. The van der Waals surface area contributed by atoms with Gasteiger partial charge in [0.1, 0.15) is 10.8 Å². The lowest BCUT2D eigenvalue weighted by Crippen LogP contribution is -1.94. The Kier molecular flexibility index (Phi) is 2.49. The minimum atomic E-state index is -1.23. The van der Waals surface area contributed by atoms with Crippen LogP contribution in [-0.2, 0) is 0 Å². The number of aromatic nitrogens is 1. The van der Waals surface area contributed by atoms with Crippen LogP contribution in [0.3, 0.4) is 0 Å². The van der Waals surface area contributed by atoms with Gasteiger partial charge in [-0.3, -0.25) is 0 Å². The molecule has 0 spiro atoms. The van der Waals surface area contributed by atoms with Crippen molar-refractivity contribution in [2.24, 2.45) is 0 Å². The van der Waals surface area contributed by atoms with E-state index in [1.807, 2.05) is 0 Å². The van der Waals surface area contributed by atoms with E-state index < -0.39 is 5.97 Å². The quantitative estimate of drug-likeness (QED) is 0.870. The van der Waals surface area contributed by atoms with Gasteiger partial charge in [0.05, 0.1) is 5.56 Å². The van der Waals surface area contributed by atoms with E-state index in [4.69, 9.17) is 30.7 Å². The van der Waals surface area contributed by atoms with E-state index >= 15 is 0 Å². The van der Waals surface area contributed by atoms with E-state index in [9.17, 15) is 9.90 Å². The topological polar surface area (TPSA) is 102 Å². The average molecular weight is 284 g/mol. The highest BCUT2D eigenvalue weighted by Crippen LogP contribution is 2.49. The van der Waals surface area contributed by atoms with E-state index in [1.54, 1.807) is 0 Å². The van der Waals surface area contributed by atoms with Crippen LogP contribution in [0.15, 0.2) is 16.7 Å². The Morgan fingerprint density at radius 3 is 2.84 bits per heavy atom. The lowest BCUT2D eigenvalue weighted by molar-refractivity contribution is 0.0686. The van der Waals surface area contributed by atoms with Gasteiger partial charge in [0.25, 0.3) is 0 Å². The number of phenols is 1. The number of aromatic carboxylic acids is 1. The largest absolute Gasteiger partial charge is 0.505 e. The van der Waals surface area contributed by atoms with Crippen molar-refractivity contribution in [2.75, 3.05) is 6.79 Å². The zero-order chi connectivity index (χ0) is 13.6. The first-order valence-electron chi connectivity index (χ1n) is 5.09. The predicted octanol–water partition coefficient (Wildman–Crippen LogP) is 2.13. The molecule has 0 unspecified atom stereocenters. The van der Waals surface area contributed by atoms with Gasteiger partial charge in [-0.1, -0.05) is 16.8 Å². The normalized spacial score (nSPS) is 12.7. The molecule has 0 atom stereocenters. The van der Waals surface area contributed by atoms with Gasteiger partial charge in [-0.05, 0) is 6.07 Å². The first kappa shape index (κ1) is 11.7. The standard InChI is InChI=1S/C11H6ClNO6/c12-8-9(14)4(1-7-10(8)18-3-17-7)6-2-5(11(15)16)13-19-6/h1-2,14H,3H2,(H,15,16). The molecule has 3 rings (SSSR count). The van der Waals surface area contributed by atoms with Crippen molar-refractivity contribution in [3.8, 4) is 28.6 Å². The van der Waals surface area contributed by atoms with Crippen LogP contribution in [0.4, 0.5) is 0 Å². The number of hydrogen-bond donors (Lipinski definition) is 2. The summed E-state index contributed by atoms with van der Waals surface area (Å²) in [5.74, 6) is -0.887. The van der Waals surface area contributed by atoms with Crippen LogP contribution in [0.1, 0.15) is 10.5 Å². The van der Waals surface area contributed by atoms with Crippen molar-refractivity contribution in [3.05, 3.63) is 22.8 Å². The zero-order valence-electron chi connectivity index (χ0n) is 9.21. The summed E-state index contributed by atoms with van der Waals surface area (Å²) >= 11 is 5.93. The second kappa shape index (κ2) is 4.06. The molecule has 1 aromatic carbocycles. The monoisotopic (exact) mass is 283 g/mol. The van der Waals surface area contributed by atoms with Gasteiger partial charge >= 0.3 is 5.97 Å². The molecule has 98 valence electrons. The molecule has 0 bridgehead atoms. The Bertz CT molecular complexity index is 680. The van der Waals surface area contributed by atoms with Crippen molar-refractivity contribution in [3.63, 3.8) is 0 Å². The third-order valence-electron chi connectivity index (χ3n) is 2.57. The number of aromatic hydroxyl groups is 1. The van der Waals surface area contributed by atoms with Crippen molar-refractivity contribution in [2.45, 2.75) is 0 Å². The number of fused-ring (bicyclic) bond motifs is 1. The summed E-state index contributed by atoms with van der Waals surface area (Å²) in [4.78, 5) is 10.7. The second-order valence-corrected chi connectivity index (χ2v) is 4.08. The molecule has 0 aliphatic carbocycles. The molecule has 1 aromatic heterocycles. The third-order valence-corrected chi connectivity index (χ3v) is 2.92. The van der Waals surface area contributed by atoms with Gasteiger partial charge < -0.3 is 24.2 Å². The molecule has 1 aliphatic rings. The van der Waals surface area contributed by atoms with Crippen molar-refractivity contribution in [1.29, 1.82) is 0 Å². The number of ether oxygens (including phenoxy) is 2.